The van der Waals surface area contributed by atoms with E-state index in [0.29, 0.717) is 0 Å². The standard InChI is InChI=1S/3C6H6N4.2NO3.Ni/c3*1-5(9-3-7-1)6-2-8-4-10-6;2*2-1(3)4;/h3*1-4H,(H,7,9)(H,8,10);;;/q;;;2*-1;+2. The maximum absolute atomic E-state index is 8.25. The molecule has 0 aromatic carbocycles. The van der Waals surface area contributed by atoms with E-state index in [2.05, 4.69) is 59.8 Å². The number of aromatic amines is 6. The van der Waals surface area contributed by atoms with Crippen LogP contribution in [0.15, 0.2) is 75.1 Å². The van der Waals surface area contributed by atoms with Crippen molar-refractivity contribution in [1.29, 1.82) is 0 Å². The minimum absolute atomic E-state index is 0. The van der Waals surface area contributed by atoms with Gasteiger partial charge in [0, 0.05) is 37.2 Å². The summed E-state index contributed by atoms with van der Waals surface area (Å²) < 4.78 is 0. The summed E-state index contributed by atoms with van der Waals surface area (Å²) in [7, 11) is 0. The van der Waals surface area contributed by atoms with Crippen LogP contribution in [0.2, 0.25) is 0 Å². The molecule has 21 heteroatoms. The molecular weight excluding hydrogens is 567 g/mol. The first-order chi connectivity index (χ1) is 18.4. The molecule has 6 heterocycles. The second-order valence-corrected chi connectivity index (χ2v) is 6.17. The van der Waals surface area contributed by atoms with Gasteiger partial charge in [-0.3, -0.25) is 0 Å². The molecule has 0 aliphatic carbocycles. The van der Waals surface area contributed by atoms with Crippen LogP contribution in [-0.4, -0.2) is 70.0 Å². The Morgan fingerprint density at radius 3 is 0.615 bits per heavy atom. The van der Waals surface area contributed by atoms with Crippen molar-refractivity contribution in [3.05, 3.63) is 106 Å². The van der Waals surface area contributed by atoms with Gasteiger partial charge < -0.3 is 60.5 Å². The Balaban J connectivity index is 0.000000255. The third-order valence-corrected chi connectivity index (χ3v) is 3.78. The normalized spacial score (nSPS) is 8.92. The number of H-pyrrole nitrogens is 6. The van der Waals surface area contributed by atoms with Gasteiger partial charge in [-0.15, -0.1) is 0 Å². The van der Waals surface area contributed by atoms with Crippen molar-refractivity contribution < 1.29 is 26.7 Å². The van der Waals surface area contributed by atoms with Gasteiger partial charge in [-0.05, 0) is 0 Å². The molecule has 206 valence electrons. The largest absolute Gasteiger partial charge is 2.00 e. The Hall–Kier alpha value is -5.85. The van der Waals surface area contributed by atoms with Gasteiger partial charge >= 0.3 is 16.5 Å². The van der Waals surface area contributed by atoms with Crippen LogP contribution in [0, 0.1) is 30.6 Å². The molecule has 6 N–H and O–H groups in total. The summed E-state index contributed by atoms with van der Waals surface area (Å²) in [6.07, 6.45) is 20.6. The van der Waals surface area contributed by atoms with E-state index in [1.807, 2.05) is 0 Å². The van der Waals surface area contributed by atoms with Crippen molar-refractivity contribution in [2.24, 2.45) is 0 Å². The number of nitrogens with zero attached hydrogens (tertiary/aromatic N) is 8. The van der Waals surface area contributed by atoms with Gasteiger partial charge in [-0.2, -0.15) is 0 Å². The zero-order chi connectivity index (χ0) is 27.6. The van der Waals surface area contributed by atoms with Gasteiger partial charge in [0.25, 0.3) is 0 Å². The third-order valence-electron chi connectivity index (χ3n) is 3.78. The number of hydrogen-bond donors (Lipinski definition) is 6. The van der Waals surface area contributed by atoms with E-state index in [4.69, 9.17) is 30.6 Å². The van der Waals surface area contributed by atoms with E-state index in [9.17, 15) is 0 Å². The fourth-order valence-electron chi connectivity index (χ4n) is 2.40. The number of aromatic nitrogens is 12. The van der Waals surface area contributed by atoms with Crippen molar-refractivity contribution in [1.82, 2.24) is 59.8 Å². The van der Waals surface area contributed by atoms with E-state index in [0.717, 1.165) is 34.2 Å². The molecule has 6 aromatic heterocycles. The van der Waals surface area contributed by atoms with E-state index in [-0.39, 0.29) is 16.5 Å². The molecule has 6 aromatic rings. The molecule has 0 radical (unpaired) electrons. The topological polar surface area (TPSA) is 304 Å². The average molecular weight is 585 g/mol. The predicted octanol–water partition coefficient (Wildman–Crippen LogP) is 1.92. The van der Waals surface area contributed by atoms with Crippen molar-refractivity contribution in [2.45, 2.75) is 0 Å². The van der Waals surface area contributed by atoms with Crippen molar-refractivity contribution in [3.8, 4) is 34.2 Å². The fraction of sp³-hybridized carbons (Fsp3) is 0. The summed E-state index contributed by atoms with van der Waals surface area (Å²) in [6.45, 7) is 0. The first kappa shape index (κ1) is 31.2. The van der Waals surface area contributed by atoms with Gasteiger partial charge in [0.05, 0.1) is 48.1 Å². The van der Waals surface area contributed by atoms with Crippen LogP contribution < -0.4 is 0 Å². The van der Waals surface area contributed by atoms with Crippen LogP contribution in [0.4, 0.5) is 0 Å². The molecule has 0 saturated carbocycles. The SMILES string of the molecule is O=[N+]([O-])[O-].O=[N+]([O-])[O-].[Ni+2].c1nc(-c2c[nH]cn2)c[nH]1.c1nc(-c2c[nH]cn2)c[nH]1.c1nc(-c2c[nH]cn2)c[nH]1. The second-order valence-electron chi connectivity index (χ2n) is 6.17. The summed E-state index contributed by atoms with van der Waals surface area (Å²) >= 11 is 0. The van der Waals surface area contributed by atoms with E-state index < -0.39 is 10.2 Å². The van der Waals surface area contributed by atoms with Crippen LogP contribution in [0.3, 0.4) is 0 Å². The maximum Gasteiger partial charge on any atom is 2.00 e. The Morgan fingerprint density at radius 1 is 0.410 bits per heavy atom. The molecule has 0 atom stereocenters. The average Bonchev–Trinajstić information content (AvgIpc) is 3.74. The summed E-state index contributed by atoms with van der Waals surface area (Å²) in [4.78, 5) is 57.7. The molecule has 39 heavy (non-hydrogen) atoms. The second kappa shape index (κ2) is 17.6. The molecule has 0 spiro atoms. The minimum atomic E-state index is -1.75. The summed E-state index contributed by atoms with van der Waals surface area (Å²) in [6, 6.07) is 0. The van der Waals surface area contributed by atoms with Gasteiger partial charge in [0.1, 0.15) is 34.2 Å². The summed E-state index contributed by atoms with van der Waals surface area (Å²) in [5.74, 6) is 0. The first-order valence-electron chi connectivity index (χ1n) is 9.93. The molecule has 0 unspecified atom stereocenters. The van der Waals surface area contributed by atoms with Crippen LogP contribution in [0.5, 0.6) is 0 Å². The molecule has 0 amide bonds. The zero-order valence-corrected chi connectivity index (χ0v) is 20.3. The molecule has 0 bridgehead atoms. The predicted molar refractivity (Wildman–Crippen MR) is 129 cm³/mol. The van der Waals surface area contributed by atoms with E-state index >= 15 is 0 Å². The van der Waals surface area contributed by atoms with Crippen molar-refractivity contribution >= 4 is 0 Å². The molecule has 0 aliphatic rings. The van der Waals surface area contributed by atoms with Gasteiger partial charge in [-0.1, -0.05) is 0 Å². The molecule has 0 aliphatic heterocycles. The Labute approximate surface area is 226 Å². The zero-order valence-electron chi connectivity index (χ0n) is 19.3. The summed E-state index contributed by atoms with van der Waals surface area (Å²) in [5, 5.41) is 29.5. The first-order valence-corrected chi connectivity index (χ1v) is 9.93. The van der Waals surface area contributed by atoms with Crippen LogP contribution in [0.25, 0.3) is 34.2 Å². The van der Waals surface area contributed by atoms with Gasteiger partial charge in [-0.25, -0.2) is 29.9 Å². The van der Waals surface area contributed by atoms with Gasteiger partial charge in [0.2, 0.25) is 0 Å². The molecule has 6 rings (SSSR count). The molecular formula is C18H18N14NiO6. The smallest absolute Gasteiger partial charge is 0.356 e. The summed E-state index contributed by atoms with van der Waals surface area (Å²) in [5.41, 5.74) is 5.17. The minimum Gasteiger partial charge on any atom is -0.356 e. The Bertz CT molecular complexity index is 1100. The van der Waals surface area contributed by atoms with Crippen LogP contribution in [0.1, 0.15) is 0 Å². The van der Waals surface area contributed by atoms with E-state index in [1.54, 1.807) is 75.1 Å². The Morgan fingerprint density at radius 2 is 0.538 bits per heavy atom. The molecule has 0 fully saturated rings. The fourth-order valence-corrected chi connectivity index (χ4v) is 2.40. The van der Waals surface area contributed by atoms with Crippen molar-refractivity contribution in [2.75, 3.05) is 0 Å². The molecule has 0 saturated heterocycles. The van der Waals surface area contributed by atoms with E-state index in [1.165, 1.54) is 0 Å². The monoisotopic (exact) mass is 584 g/mol. The number of rotatable bonds is 3. The quantitative estimate of drug-likeness (QED) is 0.0986. The van der Waals surface area contributed by atoms with Crippen LogP contribution >= 0.6 is 0 Å². The Kier molecular flexibility index (Phi) is 14.0. The number of hydrogen-bond acceptors (Lipinski definition) is 12. The molecule has 20 nitrogen and oxygen atoms in total. The number of nitrogens with one attached hydrogen (secondary N) is 6. The van der Waals surface area contributed by atoms with Crippen LogP contribution in [-0.2, 0) is 16.5 Å². The van der Waals surface area contributed by atoms with Gasteiger partial charge in [0.15, 0.2) is 0 Å². The van der Waals surface area contributed by atoms with Crippen molar-refractivity contribution in [3.63, 3.8) is 0 Å². The third kappa shape index (κ3) is 12.6. The number of imidazole rings is 6. The maximum atomic E-state index is 8.25.